The maximum atomic E-state index is 14.7. The predicted octanol–water partition coefficient (Wildman–Crippen LogP) is 10.5. The highest BCUT2D eigenvalue weighted by Crippen LogP contribution is 2.37. The average molecular weight is 567 g/mol. The minimum atomic E-state index is -4.23. The van der Waals surface area contributed by atoms with Gasteiger partial charge in [0.05, 0.1) is 5.56 Å². The Hall–Kier alpha value is -3.16. The van der Waals surface area contributed by atoms with Gasteiger partial charge >= 0.3 is 12.2 Å². The molecule has 0 radical (unpaired) electrons. The Morgan fingerprint density at radius 2 is 1.07 bits per heavy atom. The molecule has 0 saturated carbocycles. The Bertz CT molecular complexity index is 1190. The fourth-order valence-corrected chi connectivity index (χ4v) is 4.36. The van der Waals surface area contributed by atoms with Crippen molar-refractivity contribution in [3.63, 3.8) is 0 Å². The highest BCUT2D eigenvalue weighted by atomic mass is 19.3. The van der Waals surface area contributed by atoms with Crippen molar-refractivity contribution in [2.45, 2.75) is 90.3 Å². The van der Waals surface area contributed by atoms with Gasteiger partial charge in [-0.3, -0.25) is 0 Å². The molecule has 0 aliphatic heterocycles. The van der Waals surface area contributed by atoms with Gasteiger partial charge in [-0.15, -0.1) is 0 Å². The van der Waals surface area contributed by atoms with Crippen LogP contribution in [0, 0.1) is 11.6 Å². The van der Waals surface area contributed by atoms with E-state index >= 15 is 0 Å². The quantitative estimate of drug-likeness (QED) is 0.127. The summed E-state index contributed by atoms with van der Waals surface area (Å²) in [5.74, 6) is -3.57. The van der Waals surface area contributed by atoms with Gasteiger partial charge in [-0.1, -0.05) is 70.6 Å². The first kappa shape index (κ1) is 31.4. The van der Waals surface area contributed by atoms with Gasteiger partial charge in [0.25, 0.3) is 0 Å². The lowest BCUT2D eigenvalue weighted by molar-refractivity contribution is -0.188. The number of unbranched alkanes of at least 4 members (excludes halogenated alkanes) is 6. The molecular weight excluding hydrogens is 530 g/mol. The van der Waals surface area contributed by atoms with Crippen molar-refractivity contribution >= 4 is 0 Å². The minimum Gasteiger partial charge on any atom is -0.429 e. The molecule has 0 amide bonds. The SMILES string of the molecule is CCCCCCc1ccc(OC(F)(F)c2ccc(OC(F)(F)c3ccc(CCCCCC)c(F)c3F)cc2)cc1. The lowest BCUT2D eigenvalue weighted by atomic mass is 10.0. The van der Waals surface area contributed by atoms with Crippen molar-refractivity contribution < 1.29 is 35.8 Å². The third-order valence-electron chi connectivity index (χ3n) is 6.70. The maximum absolute atomic E-state index is 14.7. The first-order chi connectivity index (χ1) is 19.1. The number of alkyl halides is 4. The standard InChI is InChI=1S/C32H36F6O2/c1-3-5-7-9-11-23-13-18-26(19-14-23)39-31(35,36)25-16-20-27(21-17-25)40-32(37,38)28-22-15-24(29(33)30(28)34)12-10-8-6-4-2/h13-22H,3-12H2,1-2H3. The third kappa shape index (κ3) is 8.67. The first-order valence-electron chi connectivity index (χ1n) is 13.9. The summed E-state index contributed by atoms with van der Waals surface area (Å²) in [6, 6.07) is 11.9. The summed E-state index contributed by atoms with van der Waals surface area (Å²) in [6.45, 7) is 4.14. The van der Waals surface area contributed by atoms with Crippen molar-refractivity contribution in [3.05, 3.63) is 94.6 Å². The van der Waals surface area contributed by atoms with E-state index in [0.29, 0.717) is 6.42 Å². The summed E-state index contributed by atoms with van der Waals surface area (Å²) in [5, 5.41) is 0. The zero-order valence-corrected chi connectivity index (χ0v) is 22.9. The summed E-state index contributed by atoms with van der Waals surface area (Å²) in [6.07, 6.45) is 0.857. The predicted molar refractivity (Wildman–Crippen MR) is 144 cm³/mol. The fraction of sp³-hybridized carbons (Fsp3) is 0.438. The van der Waals surface area contributed by atoms with Crippen molar-refractivity contribution in [1.82, 2.24) is 0 Å². The number of hydrogen-bond acceptors (Lipinski definition) is 2. The molecule has 0 N–H and O–H groups in total. The highest BCUT2D eigenvalue weighted by Gasteiger charge is 2.40. The lowest BCUT2D eigenvalue weighted by Crippen LogP contribution is -2.25. The summed E-state index contributed by atoms with van der Waals surface area (Å²) in [5.41, 5.74) is -0.821. The van der Waals surface area contributed by atoms with Crippen LogP contribution in [0.3, 0.4) is 0 Å². The van der Waals surface area contributed by atoms with E-state index in [1.807, 2.05) is 6.92 Å². The molecule has 0 unspecified atom stereocenters. The molecule has 0 heterocycles. The van der Waals surface area contributed by atoms with E-state index in [4.69, 9.17) is 4.74 Å². The molecule has 218 valence electrons. The second-order valence-corrected chi connectivity index (χ2v) is 9.93. The van der Waals surface area contributed by atoms with Crippen molar-refractivity contribution in [3.8, 4) is 11.5 Å². The second kappa shape index (κ2) is 14.5. The zero-order valence-electron chi connectivity index (χ0n) is 22.9. The van der Waals surface area contributed by atoms with E-state index in [-0.39, 0.29) is 17.7 Å². The minimum absolute atomic E-state index is 0.0151. The fourth-order valence-electron chi connectivity index (χ4n) is 4.36. The third-order valence-corrected chi connectivity index (χ3v) is 6.70. The summed E-state index contributed by atoms with van der Waals surface area (Å²) in [4.78, 5) is 0. The van der Waals surface area contributed by atoms with Gasteiger partial charge in [-0.25, -0.2) is 8.78 Å². The molecule has 0 bridgehead atoms. The Morgan fingerprint density at radius 1 is 0.550 bits per heavy atom. The number of ether oxygens (including phenoxy) is 2. The van der Waals surface area contributed by atoms with E-state index in [9.17, 15) is 26.3 Å². The van der Waals surface area contributed by atoms with Crippen molar-refractivity contribution in [2.24, 2.45) is 0 Å². The van der Waals surface area contributed by atoms with E-state index in [1.54, 1.807) is 12.1 Å². The normalized spacial score (nSPS) is 12.0. The lowest BCUT2D eigenvalue weighted by Gasteiger charge is -2.21. The van der Waals surface area contributed by atoms with Gasteiger partial charge in [0, 0.05) is 0 Å². The number of halogens is 6. The van der Waals surface area contributed by atoms with E-state index < -0.39 is 40.7 Å². The molecule has 0 aliphatic rings. The van der Waals surface area contributed by atoms with Gasteiger partial charge in [0.15, 0.2) is 11.6 Å². The average Bonchev–Trinajstić information content (AvgIpc) is 2.92. The van der Waals surface area contributed by atoms with Gasteiger partial charge in [-0.05, 0) is 79.3 Å². The molecule has 3 aromatic carbocycles. The molecule has 2 nitrogen and oxygen atoms in total. The summed E-state index contributed by atoms with van der Waals surface area (Å²) < 4.78 is 97.4. The van der Waals surface area contributed by atoms with Crippen LogP contribution in [0.5, 0.6) is 11.5 Å². The van der Waals surface area contributed by atoms with E-state index in [2.05, 4.69) is 11.7 Å². The van der Waals surface area contributed by atoms with Crippen LogP contribution in [0.2, 0.25) is 0 Å². The second-order valence-electron chi connectivity index (χ2n) is 9.93. The molecule has 0 fully saturated rings. The van der Waals surface area contributed by atoms with E-state index in [1.165, 1.54) is 12.1 Å². The monoisotopic (exact) mass is 566 g/mol. The van der Waals surface area contributed by atoms with Gasteiger partial charge in [0.2, 0.25) is 0 Å². The van der Waals surface area contributed by atoms with Gasteiger partial charge in [-0.2, -0.15) is 17.6 Å². The van der Waals surface area contributed by atoms with Crippen molar-refractivity contribution in [2.75, 3.05) is 0 Å². The molecule has 8 heteroatoms. The van der Waals surface area contributed by atoms with Crippen LogP contribution in [-0.2, 0) is 25.1 Å². The maximum Gasteiger partial charge on any atom is 0.429 e. The van der Waals surface area contributed by atoms with Crippen LogP contribution in [-0.4, -0.2) is 0 Å². The molecule has 0 aromatic heterocycles. The van der Waals surface area contributed by atoms with Gasteiger partial charge in [0.1, 0.15) is 17.1 Å². The highest BCUT2D eigenvalue weighted by molar-refractivity contribution is 5.34. The summed E-state index contributed by atoms with van der Waals surface area (Å²) >= 11 is 0. The number of aryl methyl sites for hydroxylation is 2. The van der Waals surface area contributed by atoms with Crippen LogP contribution in [0.15, 0.2) is 60.7 Å². The number of benzene rings is 3. The topological polar surface area (TPSA) is 18.5 Å². The van der Waals surface area contributed by atoms with Gasteiger partial charge < -0.3 is 9.47 Å². The van der Waals surface area contributed by atoms with E-state index in [0.717, 1.165) is 93.3 Å². The number of hydrogen-bond donors (Lipinski definition) is 0. The molecule has 0 aliphatic carbocycles. The molecule has 0 spiro atoms. The zero-order chi connectivity index (χ0) is 29.2. The molecule has 0 saturated heterocycles. The Balaban J connectivity index is 1.63. The number of rotatable bonds is 16. The van der Waals surface area contributed by atoms with Crippen LogP contribution in [0.25, 0.3) is 0 Å². The smallest absolute Gasteiger partial charge is 0.429 e. The molecule has 0 atom stereocenters. The Labute approximate surface area is 232 Å². The molecular formula is C32H36F6O2. The Morgan fingerprint density at radius 3 is 1.65 bits per heavy atom. The van der Waals surface area contributed by atoms with Crippen LogP contribution >= 0.6 is 0 Å². The molecule has 40 heavy (non-hydrogen) atoms. The van der Waals surface area contributed by atoms with Crippen LogP contribution in [0.1, 0.15) is 87.5 Å². The Kier molecular flexibility index (Phi) is 11.3. The van der Waals surface area contributed by atoms with Crippen molar-refractivity contribution in [1.29, 1.82) is 0 Å². The van der Waals surface area contributed by atoms with Crippen LogP contribution in [0.4, 0.5) is 26.3 Å². The molecule has 3 aromatic rings. The largest absolute Gasteiger partial charge is 0.429 e. The van der Waals surface area contributed by atoms with Crippen LogP contribution < -0.4 is 9.47 Å². The first-order valence-corrected chi connectivity index (χ1v) is 13.9. The molecule has 3 rings (SSSR count). The summed E-state index contributed by atoms with van der Waals surface area (Å²) in [7, 11) is 0.